The maximum Gasteiger partial charge on any atom is 0.133 e. The van der Waals surface area contributed by atoms with E-state index in [1.807, 2.05) is 0 Å². The highest BCUT2D eigenvalue weighted by Crippen LogP contribution is 2.28. The first-order chi connectivity index (χ1) is 7.34. The number of carbonyl (C=O) groups excluding carboxylic acids is 1. The number of rotatable bonds is 5. The molecule has 0 amide bonds. The smallest absolute Gasteiger partial charge is 0.133 e. The Labute approximate surface area is 95.5 Å². The van der Waals surface area contributed by atoms with E-state index in [0.29, 0.717) is 11.7 Å². The fraction of sp³-hybridized carbons (Fsp3) is 0.615. The molecule has 1 fully saturated rings. The van der Waals surface area contributed by atoms with Crippen molar-refractivity contribution >= 4 is 17.1 Å². The fourth-order valence-electron chi connectivity index (χ4n) is 2.36. The van der Waals surface area contributed by atoms with E-state index in [0.717, 1.165) is 19.3 Å². The maximum absolute atomic E-state index is 11.7. The molecule has 0 spiro atoms. The van der Waals surface area contributed by atoms with Crippen LogP contribution in [-0.4, -0.2) is 5.78 Å². The van der Waals surface area contributed by atoms with Crippen LogP contribution < -0.4 is 0 Å². The summed E-state index contributed by atoms with van der Waals surface area (Å²) in [6.07, 6.45) is 7.76. The molecule has 2 heteroatoms. The molecule has 1 heterocycles. The van der Waals surface area contributed by atoms with Crippen LogP contribution in [0, 0.1) is 5.92 Å². The van der Waals surface area contributed by atoms with Crippen molar-refractivity contribution in [3.8, 4) is 0 Å². The molecule has 1 aliphatic carbocycles. The molecule has 0 radical (unpaired) electrons. The van der Waals surface area contributed by atoms with Gasteiger partial charge in [0.05, 0.1) is 0 Å². The van der Waals surface area contributed by atoms with Crippen LogP contribution in [0.1, 0.15) is 44.1 Å². The lowest BCUT2D eigenvalue weighted by molar-refractivity contribution is -0.119. The van der Waals surface area contributed by atoms with Crippen LogP contribution in [-0.2, 0) is 11.2 Å². The van der Waals surface area contributed by atoms with Crippen molar-refractivity contribution in [2.75, 3.05) is 0 Å². The van der Waals surface area contributed by atoms with Gasteiger partial charge < -0.3 is 0 Å². The highest BCUT2D eigenvalue weighted by molar-refractivity contribution is 7.07. The topological polar surface area (TPSA) is 17.1 Å². The number of thiophene rings is 1. The van der Waals surface area contributed by atoms with Gasteiger partial charge in [-0.25, -0.2) is 0 Å². The van der Waals surface area contributed by atoms with Crippen LogP contribution in [0.3, 0.4) is 0 Å². The number of hydrogen-bond donors (Lipinski definition) is 0. The summed E-state index contributed by atoms with van der Waals surface area (Å²) in [5.41, 5.74) is 1.32. The second-order valence-corrected chi connectivity index (χ2v) is 5.30. The number of ketones is 1. The number of hydrogen-bond acceptors (Lipinski definition) is 2. The van der Waals surface area contributed by atoms with Crippen molar-refractivity contribution < 1.29 is 4.79 Å². The fourth-order valence-corrected chi connectivity index (χ4v) is 3.06. The molecule has 1 nitrogen and oxygen atoms in total. The van der Waals surface area contributed by atoms with Gasteiger partial charge >= 0.3 is 0 Å². The van der Waals surface area contributed by atoms with Gasteiger partial charge in [-0.1, -0.05) is 25.7 Å². The largest absolute Gasteiger partial charge is 0.300 e. The van der Waals surface area contributed by atoms with E-state index in [1.54, 1.807) is 11.3 Å². The predicted molar refractivity (Wildman–Crippen MR) is 64.2 cm³/mol. The SMILES string of the molecule is O=C(CCc1ccsc1)CC1CCCC1. The van der Waals surface area contributed by atoms with Crippen molar-refractivity contribution in [2.24, 2.45) is 5.92 Å². The van der Waals surface area contributed by atoms with Crippen LogP contribution in [0.15, 0.2) is 16.8 Å². The van der Waals surface area contributed by atoms with Gasteiger partial charge in [-0.15, -0.1) is 0 Å². The minimum atomic E-state index is 0.466. The monoisotopic (exact) mass is 222 g/mol. The summed E-state index contributed by atoms with van der Waals surface area (Å²) in [4.78, 5) is 11.7. The summed E-state index contributed by atoms with van der Waals surface area (Å²) < 4.78 is 0. The highest BCUT2D eigenvalue weighted by Gasteiger charge is 2.17. The van der Waals surface area contributed by atoms with Gasteiger partial charge in [0.1, 0.15) is 5.78 Å². The van der Waals surface area contributed by atoms with Crippen LogP contribution in [0.5, 0.6) is 0 Å². The van der Waals surface area contributed by atoms with Gasteiger partial charge in [0, 0.05) is 12.8 Å². The first-order valence-electron chi connectivity index (χ1n) is 5.87. The van der Waals surface area contributed by atoms with Crippen LogP contribution >= 0.6 is 11.3 Å². The van der Waals surface area contributed by atoms with Gasteiger partial charge in [0.15, 0.2) is 0 Å². The Bertz CT molecular complexity index is 296. The number of carbonyl (C=O) groups is 1. The van der Waals surface area contributed by atoms with Crippen LogP contribution in [0.25, 0.3) is 0 Å². The predicted octanol–water partition coefficient (Wildman–Crippen LogP) is 3.83. The second kappa shape index (κ2) is 5.45. The lowest BCUT2D eigenvalue weighted by atomic mass is 9.98. The molecule has 1 aromatic heterocycles. The average Bonchev–Trinajstić information content (AvgIpc) is 2.86. The zero-order chi connectivity index (χ0) is 10.5. The summed E-state index contributed by atoms with van der Waals surface area (Å²) in [6, 6.07) is 2.12. The van der Waals surface area contributed by atoms with Gasteiger partial charge in [-0.2, -0.15) is 11.3 Å². The Balaban J connectivity index is 1.68. The van der Waals surface area contributed by atoms with Crippen molar-refractivity contribution in [3.63, 3.8) is 0 Å². The van der Waals surface area contributed by atoms with Gasteiger partial charge in [0.25, 0.3) is 0 Å². The van der Waals surface area contributed by atoms with Gasteiger partial charge in [-0.3, -0.25) is 4.79 Å². The normalized spacial score (nSPS) is 17.1. The Kier molecular flexibility index (Phi) is 3.95. The summed E-state index contributed by atoms with van der Waals surface area (Å²) in [5, 5.41) is 4.22. The zero-order valence-corrected chi connectivity index (χ0v) is 9.89. The minimum absolute atomic E-state index is 0.466. The summed E-state index contributed by atoms with van der Waals surface area (Å²) >= 11 is 1.71. The van der Waals surface area contributed by atoms with Crippen molar-refractivity contribution in [2.45, 2.75) is 44.9 Å². The lowest BCUT2D eigenvalue weighted by Gasteiger charge is -2.06. The molecule has 0 N–H and O–H groups in total. The molecule has 82 valence electrons. The Morgan fingerprint density at radius 1 is 1.40 bits per heavy atom. The van der Waals surface area contributed by atoms with Crippen molar-refractivity contribution in [1.29, 1.82) is 0 Å². The maximum atomic E-state index is 11.7. The third kappa shape index (κ3) is 3.45. The molecule has 0 atom stereocenters. The summed E-state index contributed by atoms with van der Waals surface area (Å²) in [6.45, 7) is 0. The Hall–Kier alpha value is -0.630. The van der Waals surface area contributed by atoms with E-state index in [2.05, 4.69) is 16.8 Å². The molecular formula is C13H18OS. The van der Waals surface area contributed by atoms with Crippen LogP contribution in [0.4, 0.5) is 0 Å². The molecule has 1 saturated carbocycles. The second-order valence-electron chi connectivity index (χ2n) is 4.52. The quantitative estimate of drug-likeness (QED) is 0.740. The average molecular weight is 222 g/mol. The molecule has 0 saturated heterocycles. The van der Waals surface area contributed by atoms with E-state index in [4.69, 9.17) is 0 Å². The first kappa shape index (κ1) is 10.9. The summed E-state index contributed by atoms with van der Waals surface area (Å²) in [7, 11) is 0. The van der Waals surface area contributed by atoms with E-state index >= 15 is 0 Å². The standard InChI is InChI=1S/C13H18OS/c14-13(9-11-3-1-2-4-11)6-5-12-7-8-15-10-12/h7-8,10-11H,1-6,9H2. The molecule has 1 aromatic rings. The van der Waals surface area contributed by atoms with Gasteiger partial charge in [0.2, 0.25) is 0 Å². The van der Waals surface area contributed by atoms with Crippen molar-refractivity contribution in [1.82, 2.24) is 0 Å². The number of Topliss-reactive ketones (excluding diaryl/α,β-unsaturated/α-hetero) is 1. The molecule has 15 heavy (non-hydrogen) atoms. The molecule has 0 bridgehead atoms. The van der Waals surface area contributed by atoms with E-state index in [9.17, 15) is 4.79 Å². The molecule has 0 unspecified atom stereocenters. The molecular weight excluding hydrogens is 204 g/mol. The molecule has 2 rings (SSSR count). The van der Waals surface area contributed by atoms with E-state index in [-0.39, 0.29) is 0 Å². The molecule has 0 aliphatic heterocycles. The first-order valence-corrected chi connectivity index (χ1v) is 6.81. The highest BCUT2D eigenvalue weighted by atomic mass is 32.1. The lowest BCUT2D eigenvalue weighted by Crippen LogP contribution is -2.06. The van der Waals surface area contributed by atoms with Crippen LogP contribution in [0.2, 0.25) is 0 Å². The molecule has 1 aliphatic rings. The zero-order valence-electron chi connectivity index (χ0n) is 9.08. The molecule has 0 aromatic carbocycles. The van der Waals surface area contributed by atoms with E-state index < -0.39 is 0 Å². The number of aryl methyl sites for hydroxylation is 1. The minimum Gasteiger partial charge on any atom is -0.300 e. The van der Waals surface area contributed by atoms with Crippen molar-refractivity contribution in [3.05, 3.63) is 22.4 Å². The van der Waals surface area contributed by atoms with E-state index in [1.165, 1.54) is 31.2 Å². The Morgan fingerprint density at radius 3 is 2.87 bits per heavy atom. The summed E-state index contributed by atoms with van der Waals surface area (Å²) in [5.74, 6) is 1.17. The third-order valence-corrected chi connectivity index (χ3v) is 4.00. The third-order valence-electron chi connectivity index (χ3n) is 3.26. The van der Waals surface area contributed by atoms with Gasteiger partial charge in [-0.05, 0) is 34.7 Å². The Morgan fingerprint density at radius 2 is 2.20 bits per heavy atom.